The molecule has 1 N–H and O–H groups in total. The second-order valence-electron chi connectivity index (χ2n) is 5.60. The van der Waals surface area contributed by atoms with Gasteiger partial charge in [-0.05, 0) is 22.9 Å². The molecule has 1 aliphatic heterocycles. The SMILES string of the molecule is O=C(CCC(=O)N1CCOCC1)Nc1ccc2ccccc2c1. The molecule has 1 aliphatic rings. The highest BCUT2D eigenvalue weighted by Gasteiger charge is 2.17. The first-order valence-electron chi connectivity index (χ1n) is 7.86. The number of nitrogens with one attached hydrogen (secondary N) is 1. The first-order chi connectivity index (χ1) is 11.2. The van der Waals surface area contributed by atoms with Gasteiger partial charge in [0, 0.05) is 31.6 Å². The molecular weight excluding hydrogens is 292 g/mol. The number of fused-ring (bicyclic) bond motifs is 1. The Bertz CT molecular complexity index is 708. The van der Waals surface area contributed by atoms with E-state index < -0.39 is 0 Å². The molecule has 0 aliphatic carbocycles. The standard InChI is InChI=1S/C18H20N2O3/c21-17(7-8-18(22)20-9-11-23-12-10-20)19-16-6-5-14-3-1-2-4-15(14)13-16/h1-6,13H,7-12H2,(H,19,21). The Morgan fingerprint density at radius 2 is 1.74 bits per heavy atom. The van der Waals surface area contributed by atoms with Gasteiger partial charge in [0.05, 0.1) is 13.2 Å². The Morgan fingerprint density at radius 3 is 2.52 bits per heavy atom. The third-order valence-electron chi connectivity index (χ3n) is 3.96. The molecule has 1 saturated heterocycles. The van der Waals surface area contributed by atoms with Crippen molar-refractivity contribution in [3.63, 3.8) is 0 Å². The van der Waals surface area contributed by atoms with E-state index in [-0.39, 0.29) is 24.7 Å². The fraction of sp³-hybridized carbons (Fsp3) is 0.333. The number of nitrogens with zero attached hydrogens (tertiary/aromatic N) is 1. The van der Waals surface area contributed by atoms with Gasteiger partial charge in [-0.1, -0.05) is 30.3 Å². The minimum atomic E-state index is -0.137. The van der Waals surface area contributed by atoms with Gasteiger partial charge in [0.15, 0.2) is 0 Å². The second kappa shape index (κ2) is 7.24. The zero-order valence-corrected chi connectivity index (χ0v) is 13.0. The van der Waals surface area contributed by atoms with Gasteiger partial charge in [0.1, 0.15) is 0 Å². The summed E-state index contributed by atoms with van der Waals surface area (Å²) in [5.41, 5.74) is 0.757. The van der Waals surface area contributed by atoms with Gasteiger partial charge in [0.25, 0.3) is 0 Å². The average Bonchev–Trinajstić information content (AvgIpc) is 2.60. The maximum Gasteiger partial charge on any atom is 0.224 e. The molecule has 1 heterocycles. The number of rotatable bonds is 4. The van der Waals surface area contributed by atoms with E-state index in [1.54, 1.807) is 4.90 Å². The van der Waals surface area contributed by atoms with E-state index in [0.717, 1.165) is 16.5 Å². The predicted octanol–water partition coefficient (Wildman–Crippen LogP) is 2.42. The molecule has 0 unspecified atom stereocenters. The summed E-state index contributed by atoms with van der Waals surface area (Å²) in [6.07, 6.45) is 0.433. The van der Waals surface area contributed by atoms with Crippen LogP contribution in [0.25, 0.3) is 10.8 Å². The number of carbonyl (C=O) groups is 2. The molecule has 2 amide bonds. The fourth-order valence-electron chi connectivity index (χ4n) is 2.68. The van der Waals surface area contributed by atoms with Crippen LogP contribution in [0, 0.1) is 0 Å². The van der Waals surface area contributed by atoms with Crippen LogP contribution >= 0.6 is 0 Å². The fourth-order valence-corrected chi connectivity index (χ4v) is 2.68. The van der Waals surface area contributed by atoms with Gasteiger partial charge in [-0.15, -0.1) is 0 Å². The monoisotopic (exact) mass is 312 g/mol. The van der Waals surface area contributed by atoms with Crippen molar-refractivity contribution in [3.05, 3.63) is 42.5 Å². The van der Waals surface area contributed by atoms with Crippen LogP contribution in [0.1, 0.15) is 12.8 Å². The molecule has 0 saturated carbocycles. The number of hydrogen-bond donors (Lipinski definition) is 1. The Labute approximate surface area is 135 Å². The molecule has 2 aromatic carbocycles. The summed E-state index contributed by atoms with van der Waals surface area (Å²) in [4.78, 5) is 25.8. The Morgan fingerprint density at radius 1 is 1.00 bits per heavy atom. The molecular formula is C18H20N2O3. The van der Waals surface area contributed by atoms with Crippen molar-refractivity contribution in [1.29, 1.82) is 0 Å². The third-order valence-corrected chi connectivity index (χ3v) is 3.96. The van der Waals surface area contributed by atoms with Crippen molar-refractivity contribution < 1.29 is 14.3 Å². The van der Waals surface area contributed by atoms with E-state index in [4.69, 9.17) is 4.74 Å². The first kappa shape index (κ1) is 15.5. The van der Waals surface area contributed by atoms with Gasteiger partial charge in [-0.25, -0.2) is 0 Å². The molecule has 0 spiro atoms. The van der Waals surface area contributed by atoms with Crippen LogP contribution in [0.5, 0.6) is 0 Å². The van der Waals surface area contributed by atoms with Gasteiger partial charge in [-0.3, -0.25) is 9.59 Å². The number of amides is 2. The molecule has 5 heteroatoms. The van der Waals surface area contributed by atoms with Crippen LogP contribution in [0.3, 0.4) is 0 Å². The first-order valence-corrected chi connectivity index (χ1v) is 7.86. The molecule has 5 nitrogen and oxygen atoms in total. The van der Waals surface area contributed by atoms with Gasteiger partial charge >= 0.3 is 0 Å². The predicted molar refractivity (Wildman–Crippen MR) is 89.2 cm³/mol. The normalized spacial score (nSPS) is 14.7. The molecule has 2 aromatic rings. The maximum atomic E-state index is 12.0. The lowest BCUT2D eigenvalue weighted by atomic mass is 10.1. The Kier molecular flexibility index (Phi) is 4.88. The summed E-state index contributed by atoms with van der Waals surface area (Å²) < 4.78 is 5.22. The Hall–Kier alpha value is -2.40. The van der Waals surface area contributed by atoms with Crippen molar-refractivity contribution in [2.75, 3.05) is 31.6 Å². The van der Waals surface area contributed by atoms with Crippen LogP contribution in [-0.2, 0) is 14.3 Å². The van der Waals surface area contributed by atoms with Gasteiger partial charge < -0.3 is 15.0 Å². The zero-order chi connectivity index (χ0) is 16.1. The summed E-state index contributed by atoms with van der Waals surface area (Å²) in [5, 5.41) is 5.07. The average molecular weight is 312 g/mol. The number of ether oxygens (including phenoxy) is 1. The topological polar surface area (TPSA) is 58.6 Å². The lowest BCUT2D eigenvalue weighted by molar-refractivity contribution is -0.136. The smallest absolute Gasteiger partial charge is 0.224 e. The summed E-state index contributed by atoms with van der Waals surface area (Å²) in [6, 6.07) is 13.8. The minimum absolute atomic E-state index is 0.0157. The van der Waals surface area contributed by atoms with E-state index in [1.165, 1.54) is 0 Å². The summed E-state index contributed by atoms with van der Waals surface area (Å²) in [7, 11) is 0. The third kappa shape index (κ3) is 4.07. The number of hydrogen-bond acceptors (Lipinski definition) is 3. The zero-order valence-electron chi connectivity index (χ0n) is 13.0. The van der Waals surface area contributed by atoms with E-state index in [1.807, 2.05) is 42.5 Å². The van der Waals surface area contributed by atoms with Crippen molar-refractivity contribution in [1.82, 2.24) is 4.90 Å². The molecule has 3 rings (SSSR count). The largest absolute Gasteiger partial charge is 0.378 e. The van der Waals surface area contributed by atoms with Crippen molar-refractivity contribution >= 4 is 28.3 Å². The van der Waals surface area contributed by atoms with Crippen LogP contribution < -0.4 is 5.32 Å². The highest BCUT2D eigenvalue weighted by Crippen LogP contribution is 2.19. The molecule has 23 heavy (non-hydrogen) atoms. The van der Waals surface area contributed by atoms with Crippen molar-refractivity contribution in [2.24, 2.45) is 0 Å². The molecule has 1 fully saturated rings. The molecule has 0 radical (unpaired) electrons. The maximum absolute atomic E-state index is 12.0. The van der Waals surface area contributed by atoms with Crippen LogP contribution in [0.4, 0.5) is 5.69 Å². The molecule has 0 bridgehead atoms. The molecule has 0 aromatic heterocycles. The summed E-state index contributed by atoms with van der Waals surface area (Å²) in [5.74, 6) is -0.121. The van der Waals surface area contributed by atoms with Crippen molar-refractivity contribution in [3.8, 4) is 0 Å². The van der Waals surface area contributed by atoms with E-state index in [2.05, 4.69) is 5.32 Å². The summed E-state index contributed by atoms with van der Waals surface area (Å²) in [6.45, 7) is 2.39. The van der Waals surface area contributed by atoms with Crippen molar-refractivity contribution in [2.45, 2.75) is 12.8 Å². The summed E-state index contributed by atoms with van der Waals surface area (Å²) >= 11 is 0. The number of morpholine rings is 1. The Balaban J connectivity index is 1.52. The van der Waals surface area contributed by atoms with E-state index >= 15 is 0 Å². The van der Waals surface area contributed by atoms with Crippen LogP contribution in [0.15, 0.2) is 42.5 Å². The molecule has 0 atom stereocenters. The number of benzene rings is 2. The highest BCUT2D eigenvalue weighted by atomic mass is 16.5. The van der Waals surface area contributed by atoms with Gasteiger partial charge in [-0.2, -0.15) is 0 Å². The van der Waals surface area contributed by atoms with Crippen LogP contribution in [-0.4, -0.2) is 43.0 Å². The number of carbonyl (C=O) groups excluding carboxylic acids is 2. The van der Waals surface area contributed by atoms with E-state index in [9.17, 15) is 9.59 Å². The quantitative estimate of drug-likeness (QED) is 0.943. The lowest BCUT2D eigenvalue weighted by Crippen LogP contribution is -2.40. The van der Waals surface area contributed by atoms with E-state index in [0.29, 0.717) is 26.3 Å². The second-order valence-corrected chi connectivity index (χ2v) is 5.60. The minimum Gasteiger partial charge on any atom is -0.378 e. The molecule has 120 valence electrons. The highest BCUT2D eigenvalue weighted by molar-refractivity contribution is 5.95. The van der Waals surface area contributed by atoms with Crippen LogP contribution in [0.2, 0.25) is 0 Å². The van der Waals surface area contributed by atoms with Gasteiger partial charge in [0.2, 0.25) is 11.8 Å². The number of anilines is 1. The lowest BCUT2D eigenvalue weighted by Gasteiger charge is -2.26.